The van der Waals surface area contributed by atoms with Gasteiger partial charge in [0.15, 0.2) is 50.2 Å². The van der Waals surface area contributed by atoms with Gasteiger partial charge in [0.25, 0.3) is 0 Å². The van der Waals surface area contributed by atoms with Crippen molar-refractivity contribution in [1.82, 2.24) is 0 Å². The SMILES string of the molecule is CCOCOc1c(Br)cc2c(Br)c(OCOCC)c(Br)cc2c1Br.CCOCOc1c(N=C(c2ccccc2)c2ccccc2)cc2c(Br)c(OCOCC)c(N=C(c3ccccc3)c3ccccc3)cc2c1Br.N=C(c1ccccc1)c1ccccc1. The Balaban J connectivity index is 0.000000215. The summed E-state index contributed by atoms with van der Waals surface area (Å²) in [7, 11) is 0. The van der Waals surface area contributed by atoms with E-state index in [1.807, 2.05) is 185 Å². The van der Waals surface area contributed by atoms with Gasteiger partial charge in [-0.1, -0.05) is 182 Å². The van der Waals surface area contributed by atoms with Gasteiger partial charge in [-0.05, 0) is 159 Å². The first-order valence-corrected chi connectivity index (χ1v) is 32.9. The summed E-state index contributed by atoms with van der Waals surface area (Å²) in [6.07, 6.45) is 0. The summed E-state index contributed by atoms with van der Waals surface area (Å²) in [4.78, 5) is 10.6. The van der Waals surface area contributed by atoms with Gasteiger partial charge in [-0.15, -0.1) is 0 Å². The highest BCUT2D eigenvalue weighted by atomic mass is 79.9. The molecule has 11 nitrogen and oxygen atoms in total. The van der Waals surface area contributed by atoms with Crippen molar-refractivity contribution in [2.24, 2.45) is 9.98 Å². The summed E-state index contributed by atoms with van der Waals surface area (Å²) in [5.41, 5.74) is 9.24. The zero-order valence-corrected chi connectivity index (χ0v) is 58.2. The Kier molecular flexibility index (Phi) is 27.0. The zero-order valence-electron chi connectivity index (χ0n) is 48.7. The predicted octanol–water partition coefficient (Wildman–Crippen LogP) is 21.2. The van der Waals surface area contributed by atoms with Crippen LogP contribution in [0, 0.1) is 5.41 Å². The quantitative estimate of drug-likeness (QED) is 0.0361. The third-order valence-electron chi connectivity index (χ3n) is 13.1. The molecule has 17 heteroatoms. The van der Waals surface area contributed by atoms with E-state index in [2.05, 4.69) is 144 Å². The molecular formula is C71H63Br6N3O8. The van der Waals surface area contributed by atoms with Gasteiger partial charge >= 0.3 is 0 Å². The number of halogens is 6. The van der Waals surface area contributed by atoms with Gasteiger partial charge in [-0.3, -0.25) is 5.41 Å². The Bertz CT molecular complexity index is 3610. The van der Waals surface area contributed by atoms with Gasteiger partial charge < -0.3 is 37.9 Å². The topological polar surface area (TPSA) is 122 Å². The largest absolute Gasteiger partial charge is 0.465 e. The fourth-order valence-electron chi connectivity index (χ4n) is 8.78. The van der Waals surface area contributed by atoms with Crippen LogP contribution in [0.5, 0.6) is 23.0 Å². The van der Waals surface area contributed by atoms with E-state index in [0.29, 0.717) is 75.5 Å². The molecule has 0 bridgehead atoms. The maximum absolute atomic E-state index is 7.97. The van der Waals surface area contributed by atoms with Gasteiger partial charge in [0.05, 0.1) is 44.0 Å². The lowest BCUT2D eigenvalue weighted by Crippen LogP contribution is -2.06. The minimum Gasteiger partial charge on any atom is -0.465 e. The van der Waals surface area contributed by atoms with E-state index in [1.54, 1.807) is 0 Å². The molecule has 0 aliphatic rings. The van der Waals surface area contributed by atoms with Crippen LogP contribution in [0.4, 0.5) is 11.4 Å². The highest BCUT2D eigenvalue weighted by Crippen LogP contribution is 2.51. The number of nitrogens with zero attached hydrogens (tertiary/aromatic N) is 2. The molecule has 10 aromatic rings. The average molecular weight is 1570 g/mol. The molecule has 88 heavy (non-hydrogen) atoms. The number of ether oxygens (including phenoxy) is 8. The molecule has 0 radical (unpaired) electrons. The standard InChI is InChI=1S/C42H36Br2N2O4.C16H16Br4O4.C13H11N/c1-3-47-27-49-41-35(45-39(29-17-9-5-10-18-29)30-19-11-6-12-20-30)25-34-33(37(41)43)26-36(42(38(34)44)50-28-48-4-2)46-40(31-21-13-7-14-22-31)32-23-15-8-16-24-32;1-3-21-7-23-15-11(17)5-10-9(13(15)19)6-12(18)16(14(10)20)24-8-22-4-2;14-13(11-7-3-1-4-8-11)12-9-5-2-6-10-12/h5-26H,3-4,27-28H2,1-2H3;5-6H,3-4,7-8H2,1-2H3;1-10,14H. The van der Waals surface area contributed by atoms with E-state index in [0.717, 1.165) is 84.2 Å². The summed E-state index contributed by atoms with van der Waals surface area (Å²) in [6, 6.07) is 68.0. The van der Waals surface area contributed by atoms with E-state index in [9.17, 15) is 0 Å². The highest BCUT2D eigenvalue weighted by Gasteiger charge is 2.23. The van der Waals surface area contributed by atoms with Crippen molar-refractivity contribution in [3.8, 4) is 23.0 Å². The van der Waals surface area contributed by atoms with Gasteiger partial charge in [-0.25, -0.2) is 9.98 Å². The Labute approximate surface area is 564 Å². The number of rotatable bonds is 24. The molecule has 0 fully saturated rings. The van der Waals surface area contributed by atoms with Gasteiger partial charge in [0, 0.05) is 70.2 Å². The molecule has 0 heterocycles. The summed E-state index contributed by atoms with van der Waals surface area (Å²) < 4.78 is 50.6. The van der Waals surface area contributed by atoms with Crippen LogP contribution in [0.25, 0.3) is 21.5 Å². The van der Waals surface area contributed by atoms with Crippen LogP contribution in [0.15, 0.2) is 243 Å². The van der Waals surface area contributed by atoms with Crippen molar-refractivity contribution in [2.75, 3.05) is 53.6 Å². The molecule has 452 valence electrons. The zero-order chi connectivity index (χ0) is 62.2. The molecule has 0 unspecified atom stereocenters. The Morgan fingerprint density at radius 3 is 0.807 bits per heavy atom. The molecule has 0 amide bonds. The van der Waals surface area contributed by atoms with Crippen LogP contribution in [-0.4, -0.2) is 70.7 Å². The lowest BCUT2D eigenvalue weighted by atomic mass is 10.0. The Hall–Kier alpha value is -6.35. The number of hydrogen-bond donors (Lipinski definition) is 1. The van der Waals surface area contributed by atoms with E-state index in [1.165, 1.54) is 0 Å². The van der Waals surface area contributed by atoms with E-state index in [4.69, 9.17) is 53.3 Å². The first kappa shape index (κ1) is 67.6. The molecule has 1 N–H and O–H groups in total. The third-order valence-corrected chi connectivity index (χ3v) is 17.4. The van der Waals surface area contributed by atoms with Crippen LogP contribution >= 0.6 is 95.6 Å². The van der Waals surface area contributed by atoms with E-state index >= 15 is 0 Å². The summed E-state index contributed by atoms with van der Waals surface area (Å²) in [6.45, 7) is 10.4. The predicted molar refractivity (Wildman–Crippen MR) is 378 cm³/mol. The molecule has 10 rings (SSSR count). The molecule has 10 aromatic carbocycles. The molecular weight excluding hydrogens is 1500 g/mol. The smallest absolute Gasteiger partial charge is 0.189 e. The molecule has 0 aliphatic carbocycles. The second-order valence-electron chi connectivity index (χ2n) is 18.8. The Morgan fingerprint density at radius 2 is 0.545 bits per heavy atom. The summed E-state index contributed by atoms with van der Waals surface area (Å²) >= 11 is 22.2. The molecule has 0 saturated heterocycles. The first-order valence-electron chi connectivity index (χ1n) is 28.2. The van der Waals surface area contributed by atoms with Crippen molar-refractivity contribution in [3.63, 3.8) is 0 Å². The first-order chi connectivity index (χ1) is 43.0. The van der Waals surface area contributed by atoms with Gasteiger partial charge in [0.2, 0.25) is 0 Å². The van der Waals surface area contributed by atoms with E-state index < -0.39 is 0 Å². The summed E-state index contributed by atoms with van der Waals surface area (Å²) in [5, 5.41) is 11.6. The molecule has 0 atom stereocenters. The fourth-order valence-corrected chi connectivity index (χ4v) is 13.0. The van der Waals surface area contributed by atoms with Crippen molar-refractivity contribution in [3.05, 3.63) is 266 Å². The third kappa shape index (κ3) is 18.0. The van der Waals surface area contributed by atoms with Crippen molar-refractivity contribution in [2.45, 2.75) is 27.7 Å². The minimum atomic E-state index is 0.0586. The molecule has 0 saturated carbocycles. The van der Waals surface area contributed by atoms with Crippen LogP contribution in [0.3, 0.4) is 0 Å². The van der Waals surface area contributed by atoms with Crippen LogP contribution in [-0.2, 0) is 18.9 Å². The fraction of sp³-hybridized carbons (Fsp3) is 0.169. The maximum Gasteiger partial charge on any atom is 0.189 e. The number of benzene rings is 10. The second kappa shape index (κ2) is 35.1. The van der Waals surface area contributed by atoms with E-state index in [-0.39, 0.29) is 27.2 Å². The molecule has 0 aromatic heterocycles. The van der Waals surface area contributed by atoms with Crippen molar-refractivity contribution < 1.29 is 37.9 Å². The Morgan fingerprint density at radius 1 is 0.318 bits per heavy atom. The normalized spacial score (nSPS) is 10.8. The number of hydrogen-bond acceptors (Lipinski definition) is 11. The van der Waals surface area contributed by atoms with Crippen molar-refractivity contribution in [1.29, 1.82) is 5.41 Å². The van der Waals surface area contributed by atoms with Gasteiger partial charge in [0.1, 0.15) is 11.4 Å². The lowest BCUT2D eigenvalue weighted by molar-refractivity contribution is 0.0211. The van der Waals surface area contributed by atoms with Gasteiger partial charge in [-0.2, -0.15) is 0 Å². The van der Waals surface area contributed by atoms with Crippen LogP contribution < -0.4 is 18.9 Å². The number of aliphatic imine (C=N–C) groups is 2. The van der Waals surface area contributed by atoms with Crippen LogP contribution in [0.2, 0.25) is 0 Å². The molecule has 0 spiro atoms. The lowest BCUT2D eigenvalue weighted by Gasteiger charge is -2.19. The summed E-state index contributed by atoms with van der Waals surface area (Å²) in [5.74, 6) is 2.48. The number of nitrogens with one attached hydrogen (secondary N) is 1. The average Bonchev–Trinajstić information content (AvgIpc) is 1.64. The van der Waals surface area contributed by atoms with Crippen molar-refractivity contribution >= 4 is 146 Å². The van der Waals surface area contributed by atoms with Crippen LogP contribution in [0.1, 0.15) is 61.1 Å². The highest BCUT2D eigenvalue weighted by molar-refractivity contribution is 9.12. The second-order valence-corrected chi connectivity index (χ2v) is 23.7. The minimum absolute atomic E-state index is 0.0586. The monoisotopic (exact) mass is 1560 g/mol. The number of fused-ring (bicyclic) bond motifs is 2. The maximum atomic E-state index is 7.97. The molecule has 0 aliphatic heterocycles.